The molecule has 4 heterocycles. The number of rotatable bonds is 9. The number of nitrogens with zero attached hydrogens (tertiary/aromatic N) is 7. The second kappa shape index (κ2) is 13.8. The van der Waals surface area contributed by atoms with Crippen LogP contribution in [0.2, 0.25) is 0 Å². The maximum Gasteiger partial charge on any atom is 0.318 e. The van der Waals surface area contributed by atoms with E-state index in [4.69, 9.17) is 19.4 Å². The van der Waals surface area contributed by atoms with Crippen LogP contribution in [-0.2, 0) is 22.5 Å². The van der Waals surface area contributed by atoms with Gasteiger partial charge in [-0.3, -0.25) is 9.69 Å². The van der Waals surface area contributed by atoms with Crippen molar-refractivity contribution in [2.45, 2.75) is 50.7 Å². The van der Waals surface area contributed by atoms with Crippen molar-refractivity contribution in [3.63, 3.8) is 0 Å². The van der Waals surface area contributed by atoms with Gasteiger partial charge >= 0.3 is 6.01 Å². The molecule has 47 heavy (non-hydrogen) atoms. The fraction of sp³-hybridized carbons (Fsp3) is 0.486. The molecule has 2 fully saturated rings. The van der Waals surface area contributed by atoms with Gasteiger partial charge in [0, 0.05) is 62.0 Å². The summed E-state index contributed by atoms with van der Waals surface area (Å²) in [6.07, 6.45) is 2.83. The molecule has 6 rings (SSSR count). The highest BCUT2D eigenvalue weighted by Crippen LogP contribution is 2.37. The summed E-state index contributed by atoms with van der Waals surface area (Å²) in [7, 11) is 3.42. The average molecular weight is 644 g/mol. The van der Waals surface area contributed by atoms with Crippen molar-refractivity contribution >= 4 is 28.2 Å². The Morgan fingerprint density at radius 2 is 2.00 bits per heavy atom. The van der Waals surface area contributed by atoms with Gasteiger partial charge in [-0.05, 0) is 43.8 Å². The third-order valence-corrected chi connectivity index (χ3v) is 9.49. The number of likely N-dealkylation sites (N-methyl/N-ethyl adjacent to an activating group) is 1. The first-order chi connectivity index (χ1) is 22.7. The maximum absolute atomic E-state index is 14.1. The predicted octanol–water partition coefficient (Wildman–Crippen LogP) is 3.38. The van der Waals surface area contributed by atoms with E-state index in [0.717, 1.165) is 23.5 Å². The monoisotopic (exact) mass is 643 g/mol. The number of anilines is 2. The van der Waals surface area contributed by atoms with Crippen molar-refractivity contribution in [2.75, 3.05) is 69.9 Å². The minimum Gasteiger partial charge on any atom is -0.462 e. The van der Waals surface area contributed by atoms with Crippen LogP contribution in [0.15, 0.2) is 48.6 Å². The predicted molar refractivity (Wildman–Crippen MR) is 177 cm³/mol. The molecular weight excluding hydrogens is 601 g/mol. The van der Waals surface area contributed by atoms with E-state index in [1.807, 2.05) is 16.8 Å². The number of aliphatic hydroxyl groups is 1. The van der Waals surface area contributed by atoms with Crippen LogP contribution in [0.25, 0.3) is 10.8 Å². The van der Waals surface area contributed by atoms with E-state index < -0.39 is 11.9 Å². The number of hydrogen-bond acceptors (Lipinski definition) is 10. The van der Waals surface area contributed by atoms with Crippen LogP contribution < -0.4 is 14.5 Å². The van der Waals surface area contributed by atoms with E-state index in [1.165, 1.54) is 34.4 Å². The zero-order valence-corrected chi connectivity index (χ0v) is 27.2. The topological polar surface area (TPSA) is 118 Å². The van der Waals surface area contributed by atoms with Crippen LogP contribution in [0.3, 0.4) is 0 Å². The number of likely N-dealkylation sites (tertiary alicyclic amines) is 1. The van der Waals surface area contributed by atoms with Gasteiger partial charge in [0.2, 0.25) is 5.91 Å². The number of aromatic nitrogens is 2. The molecule has 0 radical (unpaired) electrons. The molecule has 0 aliphatic carbocycles. The molecule has 0 saturated carbocycles. The second-order valence-electron chi connectivity index (χ2n) is 12.7. The molecule has 12 heteroatoms. The fourth-order valence-electron chi connectivity index (χ4n) is 7.07. The molecular formula is C35H42FN7O4. The number of halogens is 1. The van der Waals surface area contributed by atoms with Crippen LogP contribution in [0.4, 0.5) is 15.9 Å². The Labute approximate surface area is 274 Å². The van der Waals surface area contributed by atoms with Gasteiger partial charge in [0.15, 0.2) is 5.72 Å². The first-order valence-corrected chi connectivity index (χ1v) is 16.1. The molecule has 0 spiro atoms. The van der Waals surface area contributed by atoms with Gasteiger partial charge in [-0.25, -0.2) is 4.39 Å². The molecule has 1 aromatic heterocycles. The van der Waals surface area contributed by atoms with Crippen molar-refractivity contribution in [1.82, 2.24) is 19.8 Å². The number of carbonyl (C=O) groups excluding carboxylic acids is 1. The Bertz CT molecular complexity index is 1690. The number of hydrogen-bond donors (Lipinski definition) is 1. The number of amides is 1. The maximum atomic E-state index is 14.1. The number of piperazine rings is 1. The van der Waals surface area contributed by atoms with Gasteiger partial charge in [-0.2, -0.15) is 15.2 Å². The zero-order valence-electron chi connectivity index (χ0n) is 27.2. The van der Waals surface area contributed by atoms with Crippen LogP contribution in [0.5, 0.6) is 6.01 Å². The smallest absolute Gasteiger partial charge is 0.318 e. The molecule has 3 atom stereocenters. The van der Waals surface area contributed by atoms with Crippen molar-refractivity contribution in [3.8, 4) is 12.1 Å². The Balaban J connectivity index is 1.33. The molecule has 3 aliphatic heterocycles. The molecule has 1 N–H and O–H groups in total. The number of β-amino-alcohol motifs (C(OH)–C–C–N with tert-alkyl or cyclic N) is 1. The summed E-state index contributed by atoms with van der Waals surface area (Å²) >= 11 is 0. The summed E-state index contributed by atoms with van der Waals surface area (Å²) in [6, 6.07) is 14.8. The third-order valence-electron chi connectivity index (χ3n) is 9.49. The quantitative estimate of drug-likeness (QED) is 0.348. The van der Waals surface area contributed by atoms with Gasteiger partial charge in [0.1, 0.15) is 18.6 Å². The van der Waals surface area contributed by atoms with Gasteiger partial charge in [-0.15, -0.1) is 0 Å². The summed E-state index contributed by atoms with van der Waals surface area (Å²) in [6.45, 7) is 4.82. The van der Waals surface area contributed by atoms with Crippen LogP contribution >= 0.6 is 0 Å². The lowest BCUT2D eigenvalue weighted by Crippen LogP contribution is -2.64. The Kier molecular flexibility index (Phi) is 9.59. The molecule has 248 valence electrons. The SMILES string of the molecule is COC/C=C/C(=O)N1CCN(c2nc(OC[C@H]3C[C@@H](F)CN3C)nc3c2CCN(c2cccc4cccc(C)c24)C3)C[C@@]1(O)CC#N. The molecule has 11 nitrogen and oxygen atoms in total. The number of methoxy groups -OCH3 is 1. The molecule has 3 aromatic rings. The van der Waals surface area contributed by atoms with E-state index >= 15 is 0 Å². The van der Waals surface area contributed by atoms with Gasteiger partial charge in [0.25, 0.3) is 0 Å². The normalized spacial score (nSPS) is 23.4. The Morgan fingerprint density at radius 1 is 1.19 bits per heavy atom. The van der Waals surface area contributed by atoms with E-state index in [0.29, 0.717) is 38.3 Å². The summed E-state index contributed by atoms with van der Waals surface area (Å²) in [5.41, 5.74) is 2.36. The molecule has 0 bridgehead atoms. The van der Waals surface area contributed by atoms with Gasteiger partial charge < -0.3 is 29.3 Å². The summed E-state index contributed by atoms with van der Waals surface area (Å²) in [5.74, 6) is 0.237. The van der Waals surface area contributed by atoms with Crippen molar-refractivity contribution in [1.29, 1.82) is 5.26 Å². The number of nitriles is 1. The fourth-order valence-corrected chi connectivity index (χ4v) is 7.07. The van der Waals surface area contributed by atoms with E-state index in [9.17, 15) is 19.6 Å². The first kappa shape index (κ1) is 32.6. The van der Waals surface area contributed by atoms with Gasteiger partial charge in [-0.1, -0.05) is 36.4 Å². The summed E-state index contributed by atoms with van der Waals surface area (Å²) < 4.78 is 25.3. The molecule has 0 unspecified atom stereocenters. The summed E-state index contributed by atoms with van der Waals surface area (Å²) in [4.78, 5) is 30.4. The molecule has 2 aromatic carbocycles. The van der Waals surface area contributed by atoms with Crippen molar-refractivity contribution in [3.05, 3.63) is 65.4 Å². The molecule has 1 amide bonds. The van der Waals surface area contributed by atoms with Crippen LogP contribution in [-0.4, -0.2) is 109 Å². The van der Waals surface area contributed by atoms with E-state index in [1.54, 1.807) is 6.08 Å². The Morgan fingerprint density at radius 3 is 2.74 bits per heavy atom. The second-order valence-corrected chi connectivity index (χ2v) is 12.7. The van der Waals surface area contributed by atoms with E-state index in [-0.39, 0.29) is 50.7 Å². The standard InChI is InChI=1S/C35H42FN7O4/c1-24-7-4-8-25-9-5-10-30(32(24)25)41-15-12-28-29(21-41)38-34(47-22-27-19-26(36)20-40(27)2)39-33(28)42-16-17-43(31(44)11-6-18-46-3)35(45,23-42)13-14-37/h4-11,26-27,45H,12-13,15-23H2,1-3H3/b11-6+/t26-,27-,35+/m1/s1. The molecule has 2 saturated heterocycles. The minimum atomic E-state index is -1.73. The zero-order chi connectivity index (χ0) is 33.1. The lowest BCUT2D eigenvalue weighted by atomic mass is 9.99. The third kappa shape index (κ3) is 6.74. The largest absolute Gasteiger partial charge is 0.462 e. The average Bonchev–Trinajstić information content (AvgIpc) is 3.39. The Hall–Kier alpha value is -4.31. The minimum absolute atomic E-state index is 0.00552. The van der Waals surface area contributed by atoms with Gasteiger partial charge in [0.05, 0.1) is 37.9 Å². The van der Waals surface area contributed by atoms with Crippen LogP contribution in [0, 0.1) is 18.3 Å². The molecule has 3 aliphatic rings. The van der Waals surface area contributed by atoms with Crippen molar-refractivity contribution in [2.24, 2.45) is 0 Å². The highest BCUT2D eigenvalue weighted by atomic mass is 19.1. The number of benzene rings is 2. The lowest BCUT2D eigenvalue weighted by molar-refractivity contribution is -0.155. The summed E-state index contributed by atoms with van der Waals surface area (Å²) in [5, 5.41) is 23.8. The van der Waals surface area contributed by atoms with Crippen LogP contribution in [0.1, 0.15) is 29.7 Å². The lowest BCUT2D eigenvalue weighted by Gasteiger charge is -2.47. The first-order valence-electron chi connectivity index (χ1n) is 16.1. The number of alkyl halides is 1. The highest BCUT2D eigenvalue weighted by molar-refractivity contribution is 5.97. The van der Waals surface area contributed by atoms with Crippen molar-refractivity contribution < 1.29 is 23.8 Å². The number of aryl methyl sites for hydroxylation is 1. The number of ether oxygens (including phenoxy) is 2. The van der Waals surface area contributed by atoms with E-state index in [2.05, 4.69) is 54.3 Å². The highest BCUT2D eigenvalue weighted by Gasteiger charge is 2.43. The number of carbonyl (C=O) groups is 1. The number of fused-ring (bicyclic) bond motifs is 2.